The van der Waals surface area contributed by atoms with E-state index in [4.69, 9.17) is 4.74 Å². The lowest BCUT2D eigenvalue weighted by molar-refractivity contribution is -0.120. The van der Waals surface area contributed by atoms with Crippen molar-refractivity contribution in [2.75, 3.05) is 13.7 Å². The molecule has 0 fully saturated rings. The van der Waals surface area contributed by atoms with E-state index in [2.05, 4.69) is 10.1 Å². The Morgan fingerprint density at radius 2 is 1.85 bits per heavy atom. The fraction of sp³-hybridized carbons (Fsp3) is 0.350. The van der Waals surface area contributed by atoms with E-state index in [1.165, 1.54) is 30.5 Å². The number of carbonyl (C=O) groups excluding carboxylic acids is 1. The molecule has 0 bridgehead atoms. The van der Waals surface area contributed by atoms with Crippen LogP contribution in [0.3, 0.4) is 0 Å². The molecular weight excluding hydrogens is 372 g/mol. The first-order valence-electron chi connectivity index (χ1n) is 8.52. The minimum Gasteiger partial charge on any atom is -0.493 e. The molecule has 1 N–H and O–H groups in total. The number of benzene rings is 2. The molecule has 27 heavy (non-hydrogen) atoms. The summed E-state index contributed by atoms with van der Waals surface area (Å²) in [5.41, 5.74) is 2.03. The molecule has 0 saturated heterocycles. The first-order valence-corrected chi connectivity index (χ1v) is 9.39. The van der Waals surface area contributed by atoms with Crippen LogP contribution in [0.1, 0.15) is 18.1 Å². The van der Waals surface area contributed by atoms with Crippen LogP contribution in [-0.4, -0.2) is 31.4 Å². The number of rotatable bonds is 9. The number of carbonyl (C=O) groups is 1. The van der Waals surface area contributed by atoms with Crippen molar-refractivity contribution in [3.8, 4) is 11.5 Å². The average Bonchev–Trinajstić information content (AvgIpc) is 2.64. The Hall–Kier alpha value is -2.28. The van der Waals surface area contributed by atoms with Crippen molar-refractivity contribution in [2.45, 2.75) is 37.0 Å². The number of hydrogen-bond donors (Lipinski definition) is 1. The van der Waals surface area contributed by atoms with Crippen molar-refractivity contribution >= 4 is 17.7 Å². The minimum atomic E-state index is -2.91. The van der Waals surface area contributed by atoms with Gasteiger partial charge in [-0.2, -0.15) is 8.78 Å². The molecule has 0 spiro atoms. The lowest BCUT2D eigenvalue weighted by Gasteiger charge is -2.13. The largest absolute Gasteiger partial charge is 0.493 e. The first kappa shape index (κ1) is 21.0. The molecule has 4 nitrogen and oxygen atoms in total. The second-order valence-electron chi connectivity index (χ2n) is 5.98. The van der Waals surface area contributed by atoms with Gasteiger partial charge in [0.05, 0.1) is 12.4 Å². The van der Waals surface area contributed by atoms with Crippen molar-refractivity contribution in [2.24, 2.45) is 0 Å². The number of alkyl halides is 2. The second-order valence-corrected chi connectivity index (χ2v) is 7.39. The van der Waals surface area contributed by atoms with E-state index in [1.54, 1.807) is 12.1 Å². The van der Waals surface area contributed by atoms with E-state index in [9.17, 15) is 13.6 Å². The molecule has 1 unspecified atom stereocenters. The number of methoxy groups -OCH3 is 1. The van der Waals surface area contributed by atoms with Crippen LogP contribution in [0.15, 0.2) is 47.4 Å². The smallest absolute Gasteiger partial charge is 0.387 e. The maximum absolute atomic E-state index is 12.4. The minimum absolute atomic E-state index is 0.0107. The van der Waals surface area contributed by atoms with Gasteiger partial charge in [-0.25, -0.2) is 0 Å². The number of aryl methyl sites for hydroxylation is 1. The van der Waals surface area contributed by atoms with Gasteiger partial charge in [0, 0.05) is 11.4 Å². The maximum Gasteiger partial charge on any atom is 0.387 e. The number of hydrogen-bond acceptors (Lipinski definition) is 4. The molecule has 1 atom stereocenters. The number of nitrogens with one attached hydrogen (secondary N) is 1. The fourth-order valence-corrected chi connectivity index (χ4v) is 3.30. The van der Waals surface area contributed by atoms with Crippen LogP contribution < -0.4 is 14.8 Å². The van der Waals surface area contributed by atoms with Crippen LogP contribution in [-0.2, 0) is 11.2 Å². The summed E-state index contributed by atoms with van der Waals surface area (Å²) in [6, 6.07) is 12.8. The van der Waals surface area contributed by atoms with Gasteiger partial charge in [0.1, 0.15) is 0 Å². The zero-order chi connectivity index (χ0) is 19.8. The predicted octanol–water partition coefficient (Wildman–Crippen LogP) is 4.44. The van der Waals surface area contributed by atoms with Gasteiger partial charge in [0.15, 0.2) is 11.5 Å². The third-order valence-corrected chi connectivity index (χ3v) is 4.97. The highest BCUT2D eigenvalue weighted by molar-refractivity contribution is 8.00. The Bertz CT molecular complexity index is 753. The van der Waals surface area contributed by atoms with Crippen molar-refractivity contribution in [1.82, 2.24) is 5.32 Å². The molecule has 0 aliphatic carbocycles. The van der Waals surface area contributed by atoms with E-state index in [-0.39, 0.29) is 22.7 Å². The van der Waals surface area contributed by atoms with E-state index >= 15 is 0 Å². The Kier molecular flexibility index (Phi) is 7.91. The molecule has 2 aromatic rings. The number of ether oxygens (including phenoxy) is 2. The van der Waals surface area contributed by atoms with Crippen LogP contribution >= 0.6 is 11.8 Å². The van der Waals surface area contributed by atoms with Crippen LogP contribution in [0, 0.1) is 6.92 Å². The first-order chi connectivity index (χ1) is 12.9. The topological polar surface area (TPSA) is 47.6 Å². The van der Waals surface area contributed by atoms with Gasteiger partial charge in [-0.05, 0) is 50.1 Å². The van der Waals surface area contributed by atoms with Crippen LogP contribution in [0.4, 0.5) is 8.78 Å². The fourth-order valence-electron chi connectivity index (χ4n) is 2.41. The van der Waals surface area contributed by atoms with Gasteiger partial charge in [0.2, 0.25) is 5.91 Å². The van der Waals surface area contributed by atoms with Crippen molar-refractivity contribution in [3.05, 3.63) is 53.6 Å². The Morgan fingerprint density at radius 1 is 1.15 bits per heavy atom. The monoisotopic (exact) mass is 395 g/mol. The zero-order valence-electron chi connectivity index (χ0n) is 15.5. The SMILES string of the molecule is COc1cc(CCNC(=O)C(C)Sc2ccc(C)cc2)ccc1OC(F)F. The number of amides is 1. The highest BCUT2D eigenvalue weighted by atomic mass is 32.2. The lowest BCUT2D eigenvalue weighted by Crippen LogP contribution is -2.32. The van der Waals surface area contributed by atoms with E-state index < -0.39 is 6.61 Å². The molecule has 2 rings (SSSR count). The second kappa shape index (κ2) is 10.2. The summed E-state index contributed by atoms with van der Waals surface area (Å²) in [5, 5.41) is 2.68. The lowest BCUT2D eigenvalue weighted by atomic mass is 10.1. The van der Waals surface area contributed by atoms with Crippen molar-refractivity contribution < 1.29 is 23.0 Å². The zero-order valence-corrected chi connectivity index (χ0v) is 16.3. The summed E-state index contributed by atoms with van der Waals surface area (Å²) in [4.78, 5) is 13.3. The van der Waals surface area contributed by atoms with E-state index in [0.29, 0.717) is 13.0 Å². The molecule has 0 saturated carbocycles. The molecule has 0 heterocycles. The standard InChI is InChI=1S/C20H23F2NO3S/c1-13-4-7-16(8-5-13)27-14(2)19(24)23-11-10-15-6-9-17(26-20(21)22)18(12-15)25-3/h4-9,12,14,20H,10-11H2,1-3H3,(H,23,24). The Morgan fingerprint density at radius 3 is 2.48 bits per heavy atom. The van der Waals surface area contributed by atoms with Gasteiger partial charge in [-0.1, -0.05) is 23.8 Å². The number of halogens is 2. The van der Waals surface area contributed by atoms with Gasteiger partial charge in [-0.15, -0.1) is 11.8 Å². The summed E-state index contributed by atoms with van der Waals surface area (Å²) < 4.78 is 34.2. The third kappa shape index (κ3) is 6.75. The predicted molar refractivity (Wildman–Crippen MR) is 103 cm³/mol. The van der Waals surface area contributed by atoms with Gasteiger partial charge in [0.25, 0.3) is 0 Å². The van der Waals surface area contributed by atoms with Crippen molar-refractivity contribution in [3.63, 3.8) is 0 Å². The third-order valence-electron chi connectivity index (χ3n) is 3.86. The molecular formula is C20H23F2NO3S. The molecule has 1 amide bonds. The Balaban J connectivity index is 1.84. The van der Waals surface area contributed by atoms with Gasteiger partial charge < -0.3 is 14.8 Å². The van der Waals surface area contributed by atoms with Crippen LogP contribution in [0.2, 0.25) is 0 Å². The van der Waals surface area contributed by atoms with Gasteiger partial charge in [-0.3, -0.25) is 4.79 Å². The summed E-state index contributed by atoms with van der Waals surface area (Å²) in [5.74, 6) is 0.177. The molecule has 2 aromatic carbocycles. The summed E-state index contributed by atoms with van der Waals surface area (Å²) in [6.07, 6.45) is 0.555. The Labute approximate surface area is 162 Å². The average molecular weight is 395 g/mol. The van der Waals surface area contributed by atoms with Crippen LogP contribution in [0.25, 0.3) is 0 Å². The molecule has 0 radical (unpaired) electrons. The van der Waals surface area contributed by atoms with E-state index in [0.717, 1.165) is 10.5 Å². The summed E-state index contributed by atoms with van der Waals surface area (Å²) >= 11 is 1.50. The molecule has 0 aliphatic rings. The van der Waals surface area contributed by atoms with Crippen molar-refractivity contribution in [1.29, 1.82) is 0 Å². The highest BCUT2D eigenvalue weighted by Gasteiger charge is 2.14. The molecule has 0 aliphatic heterocycles. The molecule has 0 aromatic heterocycles. The molecule has 146 valence electrons. The summed E-state index contributed by atoms with van der Waals surface area (Å²) in [7, 11) is 1.39. The number of thioether (sulfide) groups is 1. The maximum atomic E-state index is 12.4. The summed E-state index contributed by atoms with van der Waals surface area (Å²) in [6.45, 7) is 1.41. The van der Waals surface area contributed by atoms with Gasteiger partial charge >= 0.3 is 6.61 Å². The normalized spacial score (nSPS) is 11.9. The highest BCUT2D eigenvalue weighted by Crippen LogP contribution is 2.29. The quantitative estimate of drug-likeness (QED) is 0.638. The molecule has 7 heteroatoms. The van der Waals surface area contributed by atoms with E-state index in [1.807, 2.05) is 38.1 Å². The van der Waals surface area contributed by atoms with Crippen LogP contribution in [0.5, 0.6) is 11.5 Å².